The van der Waals surface area contributed by atoms with Crippen LogP contribution >= 0.6 is 0 Å². The van der Waals surface area contributed by atoms with Crippen molar-refractivity contribution in [3.05, 3.63) is 36.0 Å². The topological polar surface area (TPSA) is 51.0 Å². The minimum atomic E-state index is 0.792. The van der Waals surface area contributed by atoms with E-state index in [1.807, 2.05) is 37.3 Å². The smallest absolute Gasteiger partial charge is 0.118 e. The van der Waals surface area contributed by atoms with Gasteiger partial charge in [0.05, 0.1) is 12.8 Å². The highest BCUT2D eigenvalue weighted by Crippen LogP contribution is 2.24. The summed E-state index contributed by atoms with van der Waals surface area (Å²) >= 11 is 0. The van der Waals surface area contributed by atoms with Crippen molar-refractivity contribution in [2.24, 2.45) is 0 Å². The van der Waals surface area contributed by atoms with Crippen LogP contribution in [-0.4, -0.2) is 12.1 Å². The van der Waals surface area contributed by atoms with Crippen molar-refractivity contribution in [2.45, 2.75) is 6.92 Å². The third kappa shape index (κ3) is 1.81. The molecule has 0 saturated heterocycles. The van der Waals surface area contributed by atoms with Gasteiger partial charge in [0.15, 0.2) is 0 Å². The molecule has 0 radical (unpaired) electrons. The minimum Gasteiger partial charge on any atom is -0.497 e. The molecule has 0 amide bonds. The molecule has 0 spiro atoms. The molecule has 3 N–H and O–H groups in total. The highest BCUT2D eigenvalue weighted by atomic mass is 16.5. The molecule has 2 rings (SSSR count). The number of benzene rings is 1. The van der Waals surface area contributed by atoms with Gasteiger partial charge in [-0.25, -0.2) is 0 Å². The van der Waals surface area contributed by atoms with Gasteiger partial charge < -0.3 is 15.5 Å². The van der Waals surface area contributed by atoms with Gasteiger partial charge in [0.2, 0.25) is 0 Å². The van der Waals surface area contributed by atoms with E-state index < -0.39 is 0 Å². The highest BCUT2D eigenvalue weighted by Gasteiger charge is 2.03. The maximum absolute atomic E-state index is 5.78. The summed E-state index contributed by atoms with van der Waals surface area (Å²) in [6.07, 6.45) is 0. The van der Waals surface area contributed by atoms with Crippen LogP contribution in [0.3, 0.4) is 0 Å². The molecule has 0 saturated carbocycles. The zero-order valence-corrected chi connectivity index (χ0v) is 8.87. The molecule has 3 nitrogen and oxygen atoms in total. The number of aromatic nitrogens is 1. The summed E-state index contributed by atoms with van der Waals surface area (Å²) in [5.41, 5.74) is 9.71. The van der Waals surface area contributed by atoms with Crippen LogP contribution in [0.1, 0.15) is 5.69 Å². The van der Waals surface area contributed by atoms with Gasteiger partial charge in [-0.2, -0.15) is 0 Å². The van der Waals surface area contributed by atoms with Crippen molar-refractivity contribution in [3.63, 3.8) is 0 Å². The molecule has 1 heterocycles. The van der Waals surface area contributed by atoms with E-state index in [2.05, 4.69) is 4.98 Å². The van der Waals surface area contributed by atoms with Crippen molar-refractivity contribution in [1.29, 1.82) is 0 Å². The summed E-state index contributed by atoms with van der Waals surface area (Å²) in [6, 6.07) is 9.81. The fraction of sp³-hybridized carbons (Fsp3) is 0.167. The highest BCUT2D eigenvalue weighted by molar-refractivity contribution is 5.66. The third-order valence-electron chi connectivity index (χ3n) is 2.46. The van der Waals surface area contributed by atoms with Gasteiger partial charge in [-0.3, -0.25) is 0 Å². The van der Waals surface area contributed by atoms with E-state index in [1.165, 1.54) is 0 Å². The minimum absolute atomic E-state index is 0.792. The Labute approximate surface area is 88.9 Å². The van der Waals surface area contributed by atoms with E-state index >= 15 is 0 Å². The summed E-state index contributed by atoms with van der Waals surface area (Å²) < 4.78 is 5.10. The first-order valence-electron chi connectivity index (χ1n) is 4.80. The zero-order chi connectivity index (χ0) is 10.8. The first kappa shape index (κ1) is 9.65. The van der Waals surface area contributed by atoms with Gasteiger partial charge in [0.25, 0.3) is 0 Å². The first-order valence-corrected chi connectivity index (χ1v) is 4.80. The Kier molecular flexibility index (Phi) is 2.37. The van der Waals surface area contributed by atoms with Crippen molar-refractivity contribution in [1.82, 2.24) is 4.98 Å². The fourth-order valence-electron chi connectivity index (χ4n) is 1.50. The maximum atomic E-state index is 5.78. The number of methoxy groups -OCH3 is 1. The van der Waals surface area contributed by atoms with Crippen LogP contribution in [0, 0.1) is 6.92 Å². The fourth-order valence-corrected chi connectivity index (χ4v) is 1.50. The second kappa shape index (κ2) is 3.69. The average Bonchev–Trinajstić information content (AvgIpc) is 2.59. The number of anilines is 1. The summed E-state index contributed by atoms with van der Waals surface area (Å²) in [6.45, 7) is 1.96. The number of hydrogen-bond acceptors (Lipinski definition) is 2. The Balaban J connectivity index is 2.37. The lowest BCUT2D eigenvalue weighted by Gasteiger charge is -2.01. The van der Waals surface area contributed by atoms with Crippen LogP contribution in [0.5, 0.6) is 5.75 Å². The normalized spacial score (nSPS) is 10.3. The van der Waals surface area contributed by atoms with E-state index in [9.17, 15) is 0 Å². The molecule has 0 aliphatic carbocycles. The van der Waals surface area contributed by atoms with Gasteiger partial charge in [-0.05, 0) is 42.8 Å². The van der Waals surface area contributed by atoms with Crippen LogP contribution in [0.25, 0.3) is 11.3 Å². The lowest BCUT2D eigenvalue weighted by Crippen LogP contribution is -1.83. The van der Waals surface area contributed by atoms with Crippen molar-refractivity contribution >= 4 is 5.69 Å². The molecule has 0 fully saturated rings. The maximum Gasteiger partial charge on any atom is 0.118 e. The quantitative estimate of drug-likeness (QED) is 0.786. The predicted molar refractivity (Wildman–Crippen MR) is 61.9 cm³/mol. The summed E-state index contributed by atoms with van der Waals surface area (Å²) in [5, 5.41) is 0. The first-order chi connectivity index (χ1) is 7.20. The number of ether oxygens (including phenoxy) is 1. The molecule has 2 aromatic rings. The average molecular weight is 202 g/mol. The molecule has 1 aromatic carbocycles. The second-order valence-corrected chi connectivity index (χ2v) is 3.49. The van der Waals surface area contributed by atoms with Crippen LogP contribution < -0.4 is 10.5 Å². The molecular weight excluding hydrogens is 188 g/mol. The summed E-state index contributed by atoms with van der Waals surface area (Å²) in [4.78, 5) is 3.23. The van der Waals surface area contributed by atoms with Crippen LogP contribution in [-0.2, 0) is 0 Å². The second-order valence-electron chi connectivity index (χ2n) is 3.49. The van der Waals surface area contributed by atoms with Crippen LogP contribution in [0.4, 0.5) is 5.69 Å². The van der Waals surface area contributed by atoms with E-state index in [0.717, 1.165) is 28.4 Å². The molecular formula is C12H14N2O. The summed E-state index contributed by atoms with van der Waals surface area (Å²) in [7, 11) is 1.66. The molecule has 0 bridgehead atoms. The van der Waals surface area contributed by atoms with E-state index in [0.29, 0.717) is 0 Å². The van der Waals surface area contributed by atoms with Gasteiger partial charge in [-0.15, -0.1) is 0 Å². The molecule has 78 valence electrons. The Bertz CT molecular complexity index is 437. The molecule has 0 aliphatic rings. The largest absolute Gasteiger partial charge is 0.497 e. The number of nitrogens with one attached hydrogen (secondary N) is 1. The standard InChI is InChI=1S/C12H14N2O/c1-8-11(13)7-12(14-8)9-3-5-10(15-2)6-4-9/h3-7,14H,13H2,1-2H3. The number of nitrogens with two attached hydrogens (primary N) is 1. The van der Waals surface area contributed by atoms with Gasteiger partial charge in [-0.1, -0.05) is 0 Å². The molecule has 0 atom stereocenters. The van der Waals surface area contributed by atoms with Crippen LogP contribution in [0.2, 0.25) is 0 Å². The monoisotopic (exact) mass is 202 g/mol. The zero-order valence-electron chi connectivity index (χ0n) is 8.87. The number of hydrogen-bond donors (Lipinski definition) is 2. The molecule has 15 heavy (non-hydrogen) atoms. The molecule has 0 unspecified atom stereocenters. The Hall–Kier alpha value is -1.90. The van der Waals surface area contributed by atoms with Crippen LogP contribution in [0.15, 0.2) is 30.3 Å². The number of nitrogen functional groups attached to an aromatic ring is 1. The molecule has 0 aliphatic heterocycles. The lowest BCUT2D eigenvalue weighted by molar-refractivity contribution is 0.415. The summed E-state index contributed by atoms with van der Waals surface area (Å²) in [5.74, 6) is 0.856. The number of aromatic amines is 1. The predicted octanol–water partition coefficient (Wildman–Crippen LogP) is 2.58. The van der Waals surface area contributed by atoms with Crippen molar-refractivity contribution in [2.75, 3.05) is 12.8 Å². The van der Waals surface area contributed by atoms with E-state index in [-0.39, 0.29) is 0 Å². The number of H-pyrrole nitrogens is 1. The van der Waals surface area contributed by atoms with Gasteiger partial charge in [0.1, 0.15) is 5.75 Å². The van der Waals surface area contributed by atoms with Gasteiger partial charge in [0, 0.05) is 11.4 Å². The van der Waals surface area contributed by atoms with Gasteiger partial charge >= 0.3 is 0 Å². The molecule has 1 aromatic heterocycles. The van der Waals surface area contributed by atoms with E-state index in [4.69, 9.17) is 10.5 Å². The molecule has 3 heteroatoms. The number of aryl methyl sites for hydroxylation is 1. The Morgan fingerprint density at radius 2 is 1.87 bits per heavy atom. The van der Waals surface area contributed by atoms with E-state index in [1.54, 1.807) is 7.11 Å². The Morgan fingerprint density at radius 3 is 2.33 bits per heavy atom. The SMILES string of the molecule is COc1ccc(-c2cc(N)c(C)[nH]2)cc1. The lowest BCUT2D eigenvalue weighted by atomic mass is 10.1. The Morgan fingerprint density at radius 1 is 1.20 bits per heavy atom. The van der Waals surface area contributed by atoms with Crippen molar-refractivity contribution < 1.29 is 4.74 Å². The number of rotatable bonds is 2. The third-order valence-corrected chi connectivity index (χ3v) is 2.46. The van der Waals surface area contributed by atoms with Crippen molar-refractivity contribution in [3.8, 4) is 17.0 Å².